The van der Waals surface area contributed by atoms with E-state index in [1.807, 2.05) is 6.92 Å². The van der Waals surface area contributed by atoms with Gasteiger partial charge in [0.15, 0.2) is 12.1 Å². The highest BCUT2D eigenvalue weighted by Gasteiger charge is 2.40. The van der Waals surface area contributed by atoms with Gasteiger partial charge >= 0.3 is 0 Å². The SMILES string of the molecule is CC1C(O)OC(c2nc3ncccn3n2)[C@@H](C)[C@@H]1C. The maximum atomic E-state index is 9.97. The van der Waals surface area contributed by atoms with Crippen molar-refractivity contribution in [2.24, 2.45) is 17.8 Å². The van der Waals surface area contributed by atoms with Crippen LogP contribution in [0.25, 0.3) is 5.78 Å². The molecule has 0 radical (unpaired) electrons. The molecule has 1 aliphatic heterocycles. The Morgan fingerprint density at radius 1 is 1.21 bits per heavy atom. The Hall–Kier alpha value is -1.53. The number of fused-ring (bicyclic) bond motifs is 1. The number of hydrogen-bond acceptors (Lipinski definition) is 5. The molecule has 6 nitrogen and oxygen atoms in total. The van der Waals surface area contributed by atoms with Gasteiger partial charge in [0, 0.05) is 18.3 Å². The maximum absolute atomic E-state index is 9.97. The summed E-state index contributed by atoms with van der Waals surface area (Å²) in [6, 6.07) is 1.80. The van der Waals surface area contributed by atoms with Crippen molar-refractivity contribution in [2.75, 3.05) is 0 Å². The first-order valence-electron chi connectivity index (χ1n) is 6.58. The van der Waals surface area contributed by atoms with E-state index in [9.17, 15) is 5.11 Å². The van der Waals surface area contributed by atoms with Gasteiger partial charge in [-0.15, -0.1) is 5.10 Å². The Balaban J connectivity index is 1.96. The van der Waals surface area contributed by atoms with E-state index in [0.29, 0.717) is 17.5 Å². The molecule has 3 rings (SSSR count). The fourth-order valence-electron chi connectivity index (χ4n) is 2.58. The zero-order valence-electron chi connectivity index (χ0n) is 11.3. The molecule has 0 saturated carbocycles. The first kappa shape index (κ1) is 12.5. The zero-order chi connectivity index (χ0) is 13.6. The van der Waals surface area contributed by atoms with Crippen LogP contribution in [0.2, 0.25) is 0 Å². The largest absolute Gasteiger partial charge is 0.368 e. The van der Waals surface area contributed by atoms with Crippen LogP contribution < -0.4 is 0 Å². The van der Waals surface area contributed by atoms with Gasteiger partial charge in [-0.25, -0.2) is 9.50 Å². The van der Waals surface area contributed by atoms with Gasteiger partial charge in [-0.1, -0.05) is 20.8 Å². The van der Waals surface area contributed by atoms with Crippen molar-refractivity contribution < 1.29 is 9.84 Å². The predicted molar refractivity (Wildman–Crippen MR) is 68.1 cm³/mol. The number of hydrogen-bond donors (Lipinski definition) is 1. The number of aliphatic hydroxyl groups excluding tert-OH is 1. The Kier molecular flexibility index (Phi) is 2.99. The number of ether oxygens (including phenoxy) is 1. The van der Waals surface area contributed by atoms with Gasteiger partial charge < -0.3 is 9.84 Å². The monoisotopic (exact) mass is 262 g/mol. The van der Waals surface area contributed by atoms with E-state index in [0.717, 1.165) is 0 Å². The minimum atomic E-state index is -0.768. The molecular weight excluding hydrogens is 244 g/mol. The molecule has 6 heteroatoms. The summed E-state index contributed by atoms with van der Waals surface area (Å²) in [4.78, 5) is 8.53. The highest BCUT2D eigenvalue weighted by Crippen LogP contribution is 2.40. The fraction of sp³-hybridized carbons (Fsp3) is 0.615. The third kappa shape index (κ3) is 2.01. The minimum Gasteiger partial charge on any atom is -0.368 e. The summed E-state index contributed by atoms with van der Waals surface area (Å²) < 4.78 is 7.31. The van der Waals surface area contributed by atoms with E-state index in [1.54, 1.807) is 23.0 Å². The average molecular weight is 262 g/mol. The summed E-state index contributed by atoms with van der Waals surface area (Å²) in [5.41, 5.74) is 0. The molecule has 2 aromatic rings. The van der Waals surface area contributed by atoms with E-state index < -0.39 is 6.29 Å². The van der Waals surface area contributed by atoms with Gasteiger partial charge in [-0.05, 0) is 17.9 Å². The van der Waals surface area contributed by atoms with Crippen LogP contribution in [-0.4, -0.2) is 31.0 Å². The molecule has 0 aliphatic carbocycles. The molecular formula is C13H18N4O2. The van der Waals surface area contributed by atoms with Gasteiger partial charge in [0.05, 0.1) is 0 Å². The molecule has 0 bridgehead atoms. The van der Waals surface area contributed by atoms with Crippen LogP contribution in [0.3, 0.4) is 0 Å². The normalized spacial score (nSPS) is 35.7. The number of aromatic nitrogens is 4. The second-order valence-electron chi connectivity index (χ2n) is 5.36. The second kappa shape index (κ2) is 4.54. The number of nitrogens with zero attached hydrogens (tertiary/aromatic N) is 4. The van der Waals surface area contributed by atoms with E-state index in [2.05, 4.69) is 28.9 Å². The molecule has 1 aliphatic rings. The van der Waals surface area contributed by atoms with Crippen molar-refractivity contribution >= 4 is 5.78 Å². The van der Waals surface area contributed by atoms with Crippen LogP contribution >= 0.6 is 0 Å². The first-order valence-corrected chi connectivity index (χ1v) is 6.58. The molecule has 3 unspecified atom stereocenters. The van der Waals surface area contributed by atoms with Crippen molar-refractivity contribution in [2.45, 2.75) is 33.2 Å². The van der Waals surface area contributed by atoms with Crippen LogP contribution in [-0.2, 0) is 4.74 Å². The standard InChI is InChI=1S/C13H18N4O2/c1-7-8(2)10(19-12(18)9(7)3)11-15-13-14-5-4-6-17(13)16-11/h4-10,12,18H,1-3H3/t7-,8-,9?,10?,12?/m0/s1. The lowest BCUT2D eigenvalue weighted by atomic mass is 9.79. The van der Waals surface area contributed by atoms with Gasteiger partial charge in [0.1, 0.15) is 6.10 Å². The average Bonchev–Trinajstić information content (AvgIpc) is 2.84. The summed E-state index contributed by atoms with van der Waals surface area (Å²) in [6.07, 6.45) is 2.42. The van der Waals surface area contributed by atoms with E-state index in [1.165, 1.54) is 0 Å². The molecule has 102 valence electrons. The van der Waals surface area contributed by atoms with E-state index >= 15 is 0 Å². The summed E-state index contributed by atoms with van der Waals surface area (Å²) in [5, 5.41) is 14.4. The van der Waals surface area contributed by atoms with Crippen molar-refractivity contribution in [3.63, 3.8) is 0 Å². The molecule has 2 aromatic heterocycles. The molecule has 0 aromatic carbocycles. The van der Waals surface area contributed by atoms with Crippen molar-refractivity contribution in [3.8, 4) is 0 Å². The number of rotatable bonds is 1. The maximum Gasteiger partial charge on any atom is 0.252 e. The molecule has 1 fully saturated rings. The second-order valence-corrected chi connectivity index (χ2v) is 5.36. The van der Waals surface area contributed by atoms with Gasteiger partial charge in [-0.2, -0.15) is 4.98 Å². The Morgan fingerprint density at radius 3 is 2.74 bits per heavy atom. The Bertz CT molecular complexity index is 552. The lowest BCUT2D eigenvalue weighted by molar-refractivity contribution is -0.229. The smallest absolute Gasteiger partial charge is 0.252 e. The van der Waals surface area contributed by atoms with E-state index in [4.69, 9.17) is 4.74 Å². The third-order valence-electron chi connectivity index (χ3n) is 4.26. The van der Waals surface area contributed by atoms with Crippen molar-refractivity contribution in [1.82, 2.24) is 19.6 Å². The van der Waals surface area contributed by atoms with Crippen molar-refractivity contribution in [1.29, 1.82) is 0 Å². The highest BCUT2D eigenvalue weighted by atomic mass is 16.6. The third-order valence-corrected chi connectivity index (χ3v) is 4.26. The quantitative estimate of drug-likeness (QED) is 0.841. The molecule has 5 atom stereocenters. The van der Waals surface area contributed by atoms with E-state index in [-0.39, 0.29) is 17.9 Å². The first-order chi connectivity index (χ1) is 9.08. The lowest BCUT2D eigenvalue weighted by Gasteiger charge is -2.40. The Morgan fingerprint density at radius 2 is 2.00 bits per heavy atom. The fourth-order valence-corrected chi connectivity index (χ4v) is 2.58. The summed E-state index contributed by atoms with van der Waals surface area (Å²) in [7, 11) is 0. The summed E-state index contributed by atoms with van der Waals surface area (Å²) >= 11 is 0. The summed E-state index contributed by atoms with van der Waals surface area (Å²) in [5.74, 6) is 1.84. The van der Waals surface area contributed by atoms with Gasteiger partial charge in [0.2, 0.25) is 0 Å². The topological polar surface area (TPSA) is 72.5 Å². The molecule has 0 amide bonds. The molecule has 3 heterocycles. The van der Waals surface area contributed by atoms with Crippen LogP contribution in [0.15, 0.2) is 18.5 Å². The number of aliphatic hydroxyl groups is 1. The lowest BCUT2D eigenvalue weighted by Crippen LogP contribution is -2.40. The Labute approximate surface area is 111 Å². The summed E-state index contributed by atoms with van der Waals surface area (Å²) in [6.45, 7) is 6.24. The molecule has 1 N–H and O–H groups in total. The van der Waals surface area contributed by atoms with Crippen molar-refractivity contribution in [3.05, 3.63) is 24.3 Å². The molecule has 1 saturated heterocycles. The van der Waals surface area contributed by atoms with Gasteiger partial charge in [0.25, 0.3) is 5.78 Å². The molecule has 0 spiro atoms. The van der Waals surface area contributed by atoms with Gasteiger partial charge in [-0.3, -0.25) is 0 Å². The zero-order valence-corrected chi connectivity index (χ0v) is 11.3. The molecule has 19 heavy (non-hydrogen) atoms. The highest BCUT2D eigenvalue weighted by molar-refractivity contribution is 5.25. The van der Waals surface area contributed by atoms with Crippen LogP contribution in [0.4, 0.5) is 0 Å². The predicted octanol–water partition coefficient (Wildman–Crippen LogP) is 1.42. The minimum absolute atomic E-state index is 0.112. The van der Waals surface area contributed by atoms with Crippen LogP contribution in [0.5, 0.6) is 0 Å². The van der Waals surface area contributed by atoms with Crippen LogP contribution in [0.1, 0.15) is 32.7 Å². The van der Waals surface area contributed by atoms with Crippen LogP contribution in [0, 0.1) is 17.8 Å².